The molecular weight excluding hydrogens is 214 g/mol. The van der Waals surface area contributed by atoms with Crippen molar-refractivity contribution in [1.29, 1.82) is 0 Å². The van der Waals surface area contributed by atoms with Crippen LogP contribution >= 0.6 is 0 Å². The van der Waals surface area contributed by atoms with Crippen molar-refractivity contribution in [3.63, 3.8) is 0 Å². The van der Waals surface area contributed by atoms with Gasteiger partial charge in [-0.3, -0.25) is 4.68 Å². The summed E-state index contributed by atoms with van der Waals surface area (Å²) >= 11 is 0. The van der Waals surface area contributed by atoms with E-state index in [4.69, 9.17) is 10.5 Å². The minimum absolute atomic E-state index is 0.511. The van der Waals surface area contributed by atoms with Crippen molar-refractivity contribution in [1.82, 2.24) is 9.78 Å². The third kappa shape index (κ3) is 2.31. The molecule has 0 aliphatic carbocycles. The highest BCUT2D eigenvalue weighted by molar-refractivity contribution is 5.60. The zero-order valence-corrected chi connectivity index (χ0v) is 10.2. The highest BCUT2D eigenvalue weighted by Crippen LogP contribution is 2.22. The topological polar surface area (TPSA) is 53.1 Å². The van der Waals surface area contributed by atoms with Crippen molar-refractivity contribution < 1.29 is 4.74 Å². The fraction of sp³-hybridized carbons (Fsp3) is 0.308. The van der Waals surface area contributed by atoms with Gasteiger partial charge in [-0.05, 0) is 37.3 Å². The quantitative estimate of drug-likeness (QED) is 0.876. The van der Waals surface area contributed by atoms with E-state index < -0.39 is 0 Å². The Hall–Kier alpha value is -1.81. The summed E-state index contributed by atoms with van der Waals surface area (Å²) < 4.78 is 7.06. The minimum Gasteiger partial charge on any atom is -0.497 e. The molecule has 0 saturated carbocycles. The molecule has 0 amide bonds. The SMILES string of the molecule is CCn1nc(-c2ccc(OC)cc2)cc1CN. The lowest BCUT2D eigenvalue weighted by molar-refractivity contribution is 0.415. The molecule has 1 aromatic heterocycles. The summed E-state index contributed by atoms with van der Waals surface area (Å²) in [5.41, 5.74) is 8.77. The molecule has 90 valence electrons. The Morgan fingerprint density at radius 3 is 2.47 bits per heavy atom. The van der Waals surface area contributed by atoms with E-state index in [1.807, 2.05) is 35.0 Å². The van der Waals surface area contributed by atoms with Gasteiger partial charge < -0.3 is 10.5 Å². The van der Waals surface area contributed by atoms with E-state index >= 15 is 0 Å². The van der Waals surface area contributed by atoms with Gasteiger partial charge in [0.1, 0.15) is 5.75 Å². The summed E-state index contributed by atoms with van der Waals surface area (Å²) in [4.78, 5) is 0. The van der Waals surface area contributed by atoms with Crippen LogP contribution in [0.4, 0.5) is 0 Å². The molecule has 0 aliphatic heterocycles. The zero-order valence-electron chi connectivity index (χ0n) is 10.2. The normalized spacial score (nSPS) is 10.5. The number of ether oxygens (including phenoxy) is 1. The third-order valence-corrected chi connectivity index (χ3v) is 2.76. The Morgan fingerprint density at radius 1 is 1.29 bits per heavy atom. The van der Waals surface area contributed by atoms with Crippen LogP contribution in [0.1, 0.15) is 12.6 Å². The second kappa shape index (κ2) is 5.01. The van der Waals surface area contributed by atoms with E-state index in [2.05, 4.69) is 12.0 Å². The predicted octanol–water partition coefficient (Wildman–Crippen LogP) is 2.04. The lowest BCUT2D eigenvalue weighted by atomic mass is 10.1. The molecule has 4 nitrogen and oxygen atoms in total. The summed E-state index contributed by atoms with van der Waals surface area (Å²) in [7, 11) is 1.66. The maximum absolute atomic E-state index is 5.68. The van der Waals surface area contributed by atoms with Gasteiger partial charge in [0.25, 0.3) is 0 Å². The highest BCUT2D eigenvalue weighted by Gasteiger charge is 2.07. The number of nitrogens with two attached hydrogens (primary N) is 1. The average Bonchev–Trinajstić information content (AvgIpc) is 2.82. The van der Waals surface area contributed by atoms with Crippen LogP contribution in [0.15, 0.2) is 30.3 Å². The Bertz CT molecular complexity index is 466. The maximum Gasteiger partial charge on any atom is 0.118 e. The molecule has 1 heterocycles. The molecule has 2 aromatic rings. The molecule has 0 unspecified atom stereocenters. The van der Waals surface area contributed by atoms with Crippen LogP contribution in [0.25, 0.3) is 11.3 Å². The van der Waals surface area contributed by atoms with Gasteiger partial charge in [-0.2, -0.15) is 5.10 Å². The first-order chi connectivity index (χ1) is 8.28. The highest BCUT2D eigenvalue weighted by atomic mass is 16.5. The zero-order chi connectivity index (χ0) is 12.3. The van der Waals surface area contributed by atoms with E-state index in [9.17, 15) is 0 Å². The Morgan fingerprint density at radius 2 is 2.00 bits per heavy atom. The van der Waals surface area contributed by atoms with Gasteiger partial charge >= 0.3 is 0 Å². The second-order valence-electron chi connectivity index (χ2n) is 3.77. The van der Waals surface area contributed by atoms with E-state index in [1.54, 1.807) is 7.11 Å². The standard InChI is InChI=1S/C13H17N3O/c1-3-16-11(9-14)8-13(15-16)10-4-6-12(17-2)7-5-10/h4-8H,3,9,14H2,1-2H3. The van der Waals surface area contributed by atoms with Crippen molar-refractivity contribution >= 4 is 0 Å². The van der Waals surface area contributed by atoms with Crippen LogP contribution in [0.2, 0.25) is 0 Å². The Kier molecular flexibility index (Phi) is 3.44. The molecule has 17 heavy (non-hydrogen) atoms. The number of hydrogen-bond acceptors (Lipinski definition) is 3. The van der Waals surface area contributed by atoms with E-state index in [0.717, 1.165) is 29.2 Å². The van der Waals surface area contributed by atoms with Gasteiger partial charge in [0.15, 0.2) is 0 Å². The monoisotopic (exact) mass is 231 g/mol. The number of aryl methyl sites for hydroxylation is 1. The molecule has 2 rings (SSSR count). The van der Waals surface area contributed by atoms with Gasteiger partial charge in [-0.15, -0.1) is 0 Å². The van der Waals surface area contributed by atoms with E-state index in [0.29, 0.717) is 6.54 Å². The first kappa shape index (κ1) is 11.7. The lowest BCUT2D eigenvalue weighted by Gasteiger charge is -2.01. The van der Waals surface area contributed by atoms with Gasteiger partial charge in [0.2, 0.25) is 0 Å². The molecule has 0 saturated heterocycles. The Balaban J connectivity index is 2.35. The molecule has 4 heteroatoms. The van der Waals surface area contributed by atoms with Gasteiger partial charge in [-0.25, -0.2) is 0 Å². The van der Waals surface area contributed by atoms with Crippen LogP contribution < -0.4 is 10.5 Å². The number of methoxy groups -OCH3 is 1. The largest absolute Gasteiger partial charge is 0.497 e. The van der Waals surface area contributed by atoms with Gasteiger partial charge in [0.05, 0.1) is 18.5 Å². The van der Waals surface area contributed by atoms with Crippen LogP contribution in [-0.2, 0) is 13.1 Å². The van der Waals surface area contributed by atoms with Crippen molar-refractivity contribution in [3.05, 3.63) is 36.0 Å². The molecule has 0 fully saturated rings. The third-order valence-electron chi connectivity index (χ3n) is 2.76. The molecule has 0 aliphatic rings. The minimum atomic E-state index is 0.511. The maximum atomic E-state index is 5.68. The van der Waals surface area contributed by atoms with Gasteiger partial charge in [-0.1, -0.05) is 0 Å². The van der Waals surface area contributed by atoms with Gasteiger partial charge in [0, 0.05) is 18.7 Å². The van der Waals surface area contributed by atoms with E-state index in [-0.39, 0.29) is 0 Å². The molecule has 2 N–H and O–H groups in total. The molecule has 0 atom stereocenters. The van der Waals surface area contributed by atoms with Crippen LogP contribution in [-0.4, -0.2) is 16.9 Å². The fourth-order valence-electron chi connectivity index (χ4n) is 1.80. The number of nitrogens with zero attached hydrogens (tertiary/aromatic N) is 2. The number of hydrogen-bond donors (Lipinski definition) is 1. The smallest absolute Gasteiger partial charge is 0.118 e. The predicted molar refractivity (Wildman–Crippen MR) is 67.8 cm³/mol. The van der Waals surface area contributed by atoms with Crippen molar-refractivity contribution in [2.75, 3.05) is 7.11 Å². The van der Waals surface area contributed by atoms with Crippen molar-refractivity contribution in [2.24, 2.45) is 5.73 Å². The van der Waals surface area contributed by atoms with Crippen molar-refractivity contribution in [2.45, 2.75) is 20.0 Å². The van der Waals surface area contributed by atoms with Crippen LogP contribution in [0.5, 0.6) is 5.75 Å². The first-order valence-electron chi connectivity index (χ1n) is 5.69. The first-order valence-corrected chi connectivity index (χ1v) is 5.69. The summed E-state index contributed by atoms with van der Waals surface area (Å²) in [6, 6.07) is 9.90. The van der Waals surface area contributed by atoms with E-state index in [1.165, 1.54) is 0 Å². The molecule has 1 aromatic carbocycles. The second-order valence-corrected chi connectivity index (χ2v) is 3.77. The van der Waals surface area contributed by atoms with Crippen LogP contribution in [0.3, 0.4) is 0 Å². The van der Waals surface area contributed by atoms with Crippen molar-refractivity contribution in [3.8, 4) is 17.0 Å². The molecule has 0 radical (unpaired) electrons. The number of aromatic nitrogens is 2. The molecular formula is C13H17N3O. The molecule has 0 spiro atoms. The Labute approximate surface area is 101 Å². The molecule has 0 bridgehead atoms. The summed E-state index contributed by atoms with van der Waals surface area (Å²) in [5.74, 6) is 0.850. The lowest BCUT2D eigenvalue weighted by Crippen LogP contribution is -2.06. The average molecular weight is 231 g/mol. The fourth-order valence-corrected chi connectivity index (χ4v) is 1.80. The summed E-state index contributed by atoms with van der Waals surface area (Å²) in [6.07, 6.45) is 0. The number of benzene rings is 1. The summed E-state index contributed by atoms with van der Waals surface area (Å²) in [6.45, 7) is 3.41. The number of rotatable bonds is 4. The van der Waals surface area contributed by atoms with Crippen LogP contribution in [0, 0.1) is 0 Å². The summed E-state index contributed by atoms with van der Waals surface area (Å²) in [5, 5.41) is 4.52.